The molecule has 0 aromatic carbocycles. The smallest absolute Gasteiger partial charge is 0.191 e. The van der Waals surface area contributed by atoms with Crippen LogP contribution in [0.25, 0.3) is 5.65 Å². The lowest BCUT2D eigenvalue weighted by atomic mass is 10.1. The van der Waals surface area contributed by atoms with Gasteiger partial charge in [0.15, 0.2) is 17.4 Å². The van der Waals surface area contributed by atoms with Crippen LogP contribution in [0.15, 0.2) is 41.8 Å². The third-order valence-corrected chi connectivity index (χ3v) is 4.30. The molecular weight excluding hydrogens is 342 g/mol. The van der Waals surface area contributed by atoms with Crippen molar-refractivity contribution in [1.29, 1.82) is 0 Å². The average molecular weight is 369 g/mol. The van der Waals surface area contributed by atoms with E-state index in [0.717, 1.165) is 29.5 Å². The minimum atomic E-state index is 0.191. The molecule has 0 aliphatic rings. The van der Waals surface area contributed by atoms with Gasteiger partial charge in [-0.05, 0) is 33.2 Å². The fraction of sp³-hybridized carbons (Fsp3) is 0.444. The molecule has 0 aliphatic heterocycles. The summed E-state index contributed by atoms with van der Waals surface area (Å²) < 4.78 is 3.77. The molecule has 3 heterocycles. The highest BCUT2D eigenvalue weighted by molar-refractivity contribution is 5.79. The van der Waals surface area contributed by atoms with Crippen molar-refractivity contribution in [2.24, 2.45) is 12.0 Å². The zero-order valence-electron chi connectivity index (χ0n) is 16.3. The second-order valence-corrected chi connectivity index (χ2v) is 6.55. The molecule has 0 fully saturated rings. The largest absolute Gasteiger partial charge is 0.357 e. The Kier molecular flexibility index (Phi) is 6.02. The standard InChI is InChI=1S/C18H27N9/c1-5-19-18(20-11-15(25(2)3)14-10-22-26(4)13-14)21-12-17-24-23-16-8-6-7-9-27(16)17/h6-10,13,15H,5,11-12H2,1-4H3,(H2,19,20,21). The van der Waals surface area contributed by atoms with Gasteiger partial charge in [0.1, 0.15) is 6.54 Å². The van der Waals surface area contributed by atoms with Gasteiger partial charge in [-0.2, -0.15) is 5.10 Å². The molecular formula is C18H27N9. The lowest BCUT2D eigenvalue weighted by Crippen LogP contribution is -2.41. The Morgan fingerprint density at radius 2 is 2.11 bits per heavy atom. The summed E-state index contributed by atoms with van der Waals surface area (Å²) in [5.74, 6) is 1.56. The fourth-order valence-electron chi connectivity index (χ4n) is 2.89. The summed E-state index contributed by atoms with van der Waals surface area (Å²) in [4.78, 5) is 6.83. The molecule has 1 unspecified atom stereocenters. The molecule has 9 heteroatoms. The van der Waals surface area contributed by atoms with Gasteiger partial charge in [0.05, 0.1) is 12.2 Å². The van der Waals surface area contributed by atoms with E-state index in [4.69, 9.17) is 0 Å². The van der Waals surface area contributed by atoms with Crippen LogP contribution < -0.4 is 10.6 Å². The predicted octanol–water partition coefficient (Wildman–Crippen LogP) is 0.821. The Morgan fingerprint density at radius 3 is 2.81 bits per heavy atom. The monoisotopic (exact) mass is 369 g/mol. The Balaban J connectivity index is 1.70. The zero-order valence-corrected chi connectivity index (χ0v) is 16.3. The highest BCUT2D eigenvalue weighted by Gasteiger charge is 2.16. The van der Waals surface area contributed by atoms with Crippen molar-refractivity contribution in [3.05, 3.63) is 48.2 Å². The second kappa shape index (κ2) is 8.63. The molecule has 1 atom stereocenters. The first-order valence-corrected chi connectivity index (χ1v) is 9.04. The lowest BCUT2D eigenvalue weighted by Gasteiger charge is -2.24. The molecule has 3 rings (SSSR count). The number of nitrogens with zero attached hydrogens (tertiary/aromatic N) is 7. The highest BCUT2D eigenvalue weighted by Crippen LogP contribution is 2.16. The van der Waals surface area contributed by atoms with E-state index in [-0.39, 0.29) is 6.04 Å². The molecule has 27 heavy (non-hydrogen) atoms. The van der Waals surface area contributed by atoms with Gasteiger partial charge < -0.3 is 15.5 Å². The number of fused-ring (bicyclic) bond motifs is 1. The number of hydrogen-bond donors (Lipinski definition) is 2. The van der Waals surface area contributed by atoms with Gasteiger partial charge in [-0.15, -0.1) is 10.2 Å². The normalized spacial score (nSPS) is 13.3. The van der Waals surface area contributed by atoms with Gasteiger partial charge in [-0.1, -0.05) is 6.07 Å². The summed E-state index contributed by atoms with van der Waals surface area (Å²) in [6.45, 7) is 3.99. The van der Waals surface area contributed by atoms with Crippen LogP contribution in [-0.4, -0.2) is 62.4 Å². The Bertz CT molecular complexity index is 893. The quantitative estimate of drug-likeness (QED) is 0.474. The Hall–Kier alpha value is -2.94. The van der Waals surface area contributed by atoms with Crippen LogP contribution >= 0.6 is 0 Å². The van der Waals surface area contributed by atoms with Crippen molar-refractivity contribution in [1.82, 2.24) is 39.9 Å². The molecule has 0 aliphatic carbocycles. The summed E-state index contributed by atoms with van der Waals surface area (Å²) in [5, 5.41) is 19.4. The summed E-state index contributed by atoms with van der Waals surface area (Å²) in [6.07, 6.45) is 5.89. The molecule has 0 saturated heterocycles. The van der Waals surface area contributed by atoms with Crippen molar-refractivity contribution in [2.75, 3.05) is 27.2 Å². The summed E-state index contributed by atoms with van der Waals surface area (Å²) in [7, 11) is 6.05. The zero-order chi connectivity index (χ0) is 19.2. The number of pyridine rings is 1. The minimum absolute atomic E-state index is 0.191. The van der Waals surface area contributed by atoms with E-state index in [0.29, 0.717) is 13.1 Å². The van der Waals surface area contributed by atoms with Crippen molar-refractivity contribution in [3.8, 4) is 0 Å². The maximum Gasteiger partial charge on any atom is 0.191 e. The third kappa shape index (κ3) is 4.62. The maximum atomic E-state index is 4.67. The van der Waals surface area contributed by atoms with Crippen LogP contribution in [0.5, 0.6) is 0 Å². The van der Waals surface area contributed by atoms with E-state index in [1.165, 1.54) is 0 Å². The van der Waals surface area contributed by atoms with Gasteiger partial charge in [-0.25, -0.2) is 4.99 Å². The van der Waals surface area contributed by atoms with E-state index in [9.17, 15) is 0 Å². The Morgan fingerprint density at radius 1 is 1.26 bits per heavy atom. The SMILES string of the molecule is CCNC(=NCc1nnc2ccccn12)NCC(c1cnn(C)c1)N(C)C. The van der Waals surface area contributed by atoms with Crippen LogP contribution in [0.1, 0.15) is 24.4 Å². The summed E-state index contributed by atoms with van der Waals surface area (Å²) in [5.41, 5.74) is 1.99. The highest BCUT2D eigenvalue weighted by atomic mass is 15.3. The number of aromatic nitrogens is 5. The first-order chi connectivity index (χ1) is 13.1. The molecule has 3 aromatic rings. The van der Waals surface area contributed by atoms with Gasteiger partial charge in [0.2, 0.25) is 0 Å². The topological polar surface area (TPSA) is 87.7 Å². The maximum absolute atomic E-state index is 4.67. The molecule has 0 saturated carbocycles. The number of likely N-dealkylation sites (N-methyl/N-ethyl adjacent to an activating group) is 1. The van der Waals surface area contributed by atoms with Gasteiger partial charge in [0, 0.05) is 38.1 Å². The van der Waals surface area contributed by atoms with Crippen LogP contribution in [0.4, 0.5) is 0 Å². The molecule has 2 N–H and O–H groups in total. The third-order valence-electron chi connectivity index (χ3n) is 4.30. The molecule has 0 bridgehead atoms. The average Bonchev–Trinajstić information content (AvgIpc) is 3.26. The molecule has 9 nitrogen and oxygen atoms in total. The van der Waals surface area contributed by atoms with Crippen LogP contribution in [0, 0.1) is 0 Å². The van der Waals surface area contributed by atoms with E-state index < -0.39 is 0 Å². The van der Waals surface area contributed by atoms with Crippen molar-refractivity contribution < 1.29 is 0 Å². The molecule has 0 amide bonds. The molecule has 0 radical (unpaired) electrons. The van der Waals surface area contributed by atoms with E-state index in [1.54, 1.807) is 0 Å². The number of rotatable bonds is 7. The molecule has 144 valence electrons. The number of guanidine groups is 1. The first-order valence-electron chi connectivity index (χ1n) is 9.04. The summed E-state index contributed by atoms with van der Waals surface area (Å²) in [6, 6.07) is 6.03. The van der Waals surface area contributed by atoms with Crippen LogP contribution in [-0.2, 0) is 13.6 Å². The Labute approximate surface area is 159 Å². The van der Waals surface area contributed by atoms with Crippen molar-refractivity contribution >= 4 is 11.6 Å². The van der Waals surface area contributed by atoms with E-state index in [1.807, 2.05) is 59.8 Å². The first kappa shape index (κ1) is 18.8. The molecule has 3 aromatic heterocycles. The van der Waals surface area contributed by atoms with Gasteiger partial charge >= 0.3 is 0 Å². The fourth-order valence-corrected chi connectivity index (χ4v) is 2.89. The predicted molar refractivity (Wildman–Crippen MR) is 105 cm³/mol. The number of hydrogen-bond acceptors (Lipinski definition) is 5. The second-order valence-electron chi connectivity index (χ2n) is 6.55. The van der Waals surface area contributed by atoms with Crippen LogP contribution in [0.3, 0.4) is 0 Å². The van der Waals surface area contributed by atoms with Crippen molar-refractivity contribution in [3.63, 3.8) is 0 Å². The summed E-state index contributed by atoms with van der Waals surface area (Å²) >= 11 is 0. The molecule has 0 spiro atoms. The van der Waals surface area contributed by atoms with E-state index in [2.05, 4.69) is 49.9 Å². The number of aliphatic imine (C=N–C) groups is 1. The van der Waals surface area contributed by atoms with Crippen LogP contribution in [0.2, 0.25) is 0 Å². The van der Waals surface area contributed by atoms with Crippen molar-refractivity contribution in [2.45, 2.75) is 19.5 Å². The number of aryl methyl sites for hydroxylation is 1. The minimum Gasteiger partial charge on any atom is -0.357 e. The van der Waals surface area contributed by atoms with Gasteiger partial charge in [0.25, 0.3) is 0 Å². The van der Waals surface area contributed by atoms with Gasteiger partial charge in [-0.3, -0.25) is 9.08 Å². The lowest BCUT2D eigenvalue weighted by molar-refractivity contribution is 0.298. The number of nitrogens with one attached hydrogen (secondary N) is 2. The van der Waals surface area contributed by atoms with E-state index >= 15 is 0 Å².